The molecule has 2 rings (SSSR count). The van der Waals surface area contributed by atoms with Crippen LogP contribution in [0.4, 0.5) is 10.5 Å². The Morgan fingerprint density at radius 1 is 1.08 bits per heavy atom. The summed E-state index contributed by atoms with van der Waals surface area (Å²) in [4.78, 5) is 23.4. The first kappa shape index (κ1) is 19.2. The number of para-hydroxylation sites is 1. The van der Waals surface area contributed by atoms with Gasteiger partial charge in [-0.25, -0.2) is 17.9 Å². The smallest absolute Gasteiger partial charge is 0.345 e. The summed E-state index contributed by atoms with van der Waals surface area (Å²) in [6.07, 6.45) is 0. The summed E-state index contributed by atoms with van der Waals surface area (Å²) in [7, 11) is -1.46. The van der Waals surface area contributed by atoms with Crippen LogP contribution in [-0.2, 0) is 10.0 Å². The number of sulfonamides is 1. The molecule has 138 valence electrons. The van der Waals surface area contributed by atoms with Crippen molar-refractivity contribution in [1.82, 2.24) is 10.0 Å². The molecule has 26 heavy (non-hydrogen) atoms. The van der Waals surface area contributed by atoms with Crippen molar-refractivity contribution in [2.24, 2.45) is 0 Å². The minimum absolute atomic E-state index is 0.0550. The third-order valence-electron chi connectivity index (χ3n) is 3.38. The molecule has 0 atom stereocenters. The molecule has 0 aliphatic carbocycles. The van der Waals surface area contributed by atoms with Crippen LogP contribution in [0.2, 0.25) is 0 Å². The fraction of sp³-hybridized carbons (Fsp3) is 0.125. The Kier molecular flexibility index (Phi) is 5.80. The second-order valence-electron chi connectivity index (χ2n) is 5.00. The highest BCUT2D eigenvalue weighted by atomic mass is 32.2. The molecule has 0 aliphatic rings. The molecule has 0 fully saturated rings. The number of carbonyl (C=O) groups is 2. The van der Waals surface area contributed by atoms with Crippen LogP contribution in [0.3, 0.4) is 0 Å². The molecule has 0 radical (unpaired) electrons. The first-order valence-corrected chi connectivity index (χ1v) is 8.79. The fourth-order valence-electron chi connectivity index (χ4n) is 2.06. The van der Waals surface area contributed by atoms with Gasteiger partial charge in [0.25, 0.3) is 15.9 Å². The Hall–Kier alpha value is -3.11. The second kappa shape index (κ2) is 7.85. The Morgan fingerprint density at radius 2 is 1.69 bits per heavy atom. The van der Waals surface area contributed by atoms with Crippen molar-refractivity contribution in [3.05, 3.63) is 54.1 Å². The first-order valence-electron chi connectivity index (χ1n) is 7.31. The Morgan fingerprint density at radius 3 is 2.27 bits per heavy atom. The molecule has 2 aromatic rings. The topological polar surface area (TPSA) is 125 Å². The highest BCUT2D eigenvalue weighted by Gasteiger charge is 2.21. The van der Waals surface area contributed by atoms with E-state index in [1.54, 1.807) is 12.1 Å². The highest BCUT2D eigenvalue weighted by Crippen LogP contribution is 2.20. The summed E-state index contributed by atoms with van der Waals surface area (Å²) in [5.74, 6) is -0.613. The second-order valence-corrected chi connectivity index (χ2v) is 6.68. The van der Waals surface area contributed by atoms with Crippen LogP contribution in [-0.4, -0.2) is 39.7 Å². The van der Waals surface area contributed by atoms with Gasteiger partial charge in [0.2, 0.25) is 0 Å². The van der Waals surface area contributed by atoms with Crippen LogP contribution in [0.1, 0.15) is 10.4 Å². The molecule has 0 unspecified atom stereocenters. The van der Waals surface area contributed by atoms with Crippen LogP contribution in [0.25, 0.3) is 0 Å². The van der Waals surface area contributed by atoms with Crippen molar-refractivity contribution in [3.63, 3.8) is 0 Å². The van der Waals surface area contributed by atoms with Crippen molar-refractivity contribution < 1.29 is 28.0 Å². The summed E-state index contributed by atoms with van der Waals surface area (Å²) in [6.45, 7) is 0. The maximum Gasteiger partial charge on any atom is 0.345 e. The third kappa shape index (κ3) is 4.10. The molecule has 9 nitrogen and oxygen atoms in total. The van der Waals surface area contributed by atoms with Gasteiger partial charge in [-0.1, -0.05) is 12.1 Å². The number of benzene rings is 2. The summed E-state index contributed by atoms with van der Waals surface area (Å²) in [5, 5.41) is 12.2. The molecule has 3 amide bonds. The zero-order valence-corrected chi connectivity index (χ0v) is 14.8. The standard InChI is InChI=1S/C16H17N3O6S/c1-17-16(21)19(22)11-7-9-12(10-8-11)26(23,24)18-15(20)13-5-3-4-6-14(13)25-2/h3-10,22H,1-2H3,(H,17,21)(H,18,20). The van der Waals surface area contributed by atoms with Gasteiger partial charge in [-0.2, -0.15) is 5.06 Å². The van der Waals surface area contributed by atoms with E-state index in [9.17, 15) is 23.2 Å². The van der Waals surface area contributed by atoms with E-state index in [0.717, 1.165) is 12.1 Å². The monoisotopic (exact) mass is 379 g/mol. The van der Waals surface area contributed by atoms with E-state index in [2.05, 4.69) is 5.32 Å². The van der Waals surface area contributed by atoms with E-state index in [-0.39, 0.29) is 21.9 Å². The number of carbonyl (C=O) groups excluding carboxylic acids is 2. The Bertz CT molecular complexity index is 912. The van der Waals surface area contributed by atoms with E-state index in [1.165, 1.54) is 38.4 Å². The molecular formula is C16H17N3O6S. The lowest BCUT2D eigenvalue weighted by atomic mass is 10.2. The minimum atomic E-state index is -4.16. The van der Waals surface area contributed by atoms with Crippen molar-refractivity contribution >= 4 is 27.6 Å². The number of anilines is 1. The Labute approximate surface area is 150 Å². The number of amides is 3. The van der Waals surface area contributed by atoms with Crippen molar-refractivity contribution in [3.8, 4) is 5.75 Å². The SMILES string of the molecule is CNC(=O)N(O)c1ccc(S(=O)(=O)NC(=O)c2ccccc2OC)cc1. The fourth-order valence-corrected chi connectivity index (χ4v) is 3.02. The quantitative estimate of drug-likeness (QED) is 0.532. The summed E-state index contributed by atoms with van der Waals surface area (Å²) in [6, 6.07) is 10.1. The summed E-state index contributed by atoms with van der Waals surface area (Å²) < 4.78 is 31.7. The average molecular weight is 379 g/mol. The van der Waals surface area contributed by atoms with Gasteiger partial charge < -0.3 is 10.1 Å². The van der Waals surface area contributed by atoms with Crippen LogP contribution < -0.4 is 19.8 Å². The lowest BCUT2D eigenvalue weighted by Gasteiger charge is -2.14. The lowest BCUT2D eigenvalue weighted by Crippen LogP contribution is -2.35. The van der Waals surface area contributed by atoms with E-state index < -0.39 is 22.0 Å². The maximum absolute atomic E-state index is 12.4. The number of methoxy groups -OCH3 is 1. The van der Waals surface area contributed by atoms with E-state index >= 15 is 0 Å². The van der Waals surface area contributed by atoms with Gasteiger partial charge in [0.05, 0.1) is 23.3 Å². The largest absolute Gasteiger partial charge is 0.496 e. The van der Waals surface area contributed by atoms with Gasteiger partial charge in [0.1, 0.15) is 5.75 Å². The number of hydroxylamine groups is 1. The number of urea groups is 1. The first-order chi connectivity index (χ1) is 12.3. The predicted octanol–water partition coefficient (Wildman–Crippen LogP) is 1.35. The maximum atomic E-state index is 12.4. The number of nitrogens with zero attached hydrogens (tertiary/aromatic N) is 1. The van der Waals surface area contributed by atoms with Crippen LogP contribution in [0.5, 0.6) is 5.75 Å². The lowest BCUT2D eigenvalue weighted by molar-refractivity contribution is 0.0978. The number of hydrogen-bond donors (Lipinski definition) is 3. The van der Waals surface area contributed by atoms with Gasteiger partial charge in [-0.05, 0) is 36.4 Å². The van der Waals surface area contributed by atoms with E-state index in [1.807, 2.05) is 4.72 Å². The molecule has 0 saturated heterocycles. The zero-order chi connectivity index (χ0) is 19.3. The summed E-state index contributed by atoms with van der Waals surface area (Å²) >= 11 is 0. The number of rotatable bonds is 5. The van der Waals surface area contributed by atoms with Gasteiger partial charge in [-0.15, -0.1) is 0 Å². The van der Waals surface area contributed by atoms with Crippen LogP contribution >= 0.6 is 0 Å². The average Bonchev–Trinajstić information content (AvgIpc) is 2.66. The molecule has 0 heterocycles. The molecule has 0 spiro atoms. The van der Waals surface area contributed by atoms with Crippen LogP contribution in [0.15, 0.2) is 53.4 Å². The molecule has 0 saturated carbocycles. The molecule has 2 aromatic carbocycles. The molecule has 0 aliphatic heterocycles. The van der Waals surface area contributed by atoms with Crippen LogP contribution in [0, 0.1) is 0 Å². The highest BCUT2D eigenvalue weighted by molar-refractivity contribution is 7.90. The molecule has 0 bridgehead atoms. The van der Waals surface area contributed by atoms with Crippen molar-refractivity contribution in [1.29, 1.82) is 0 Å². The zero-order valence-electron chi connectivity index (χ0n) is 14.0. The van der Waals surface area contributed by atoms with Gasteiger partial charge in [-0.3, -0.25) is 10.0 Å². The van der Waals surface area contributed by atoms with Gasteiger partial charge in [0.15, 0.2) is 0 Å². The minimum Gasteiger partial charge on any atom is -0.496 e. The summed E-state index contributed by atoms with van der Waals surface area (Å²) in [5.41, 5.74) is 0.121. The van der Waals surface area contributed by atoms with E-state index in [4.69, 9.17) is 4.74 Å². The normalized spacial score (nSPS) is 10.7. The molecule has 10 heteroatoms. The molecule has 0 aromatic heterocycles. The number of ether oxygens (including phenoxy) is 1. The Balaban J connectivity index is 2.22. The van der Waals surface area contributed by atoms with E-state index in [0.29, 0.717) is 5.06 Å². The van der Waals surface area contributed by atoms with Crippen molar-refractivity contribution in [2.75, 3.05) is 19.2 Å². The molecular weight excluding hydrogens is 362 g/mol. The van der Waals surface area contributed by atoms with Crippen molar-refractivity contribution in [2.45, 2.75) is 4.90 Å². The van der Waals surface area contributed by atoms with Gasteiger partial charge in [0, 0.05) is 7.05 Å². The third-order valence-corrected chi connectivity index (χ3v) is 4.72. The predicted molar refractivity (Wildman–Crippen MR) is 92.8 cm³/mol. The number of hydrogen-bond acceptors (Lipinski definition) is 6. The van der Waals surface area contributed by atoms with Gasteiger partial charge >= 0.3 is 6.03 Å². The molecule has 3 N–H and O–H groups in total. The number of nitrogens with one attached hydrogen (secondary N) is 2.